The predicted octanol–water partition coefficient (Wildman–Crippen LogP) is 16.7. The Kier molecular flexibility index (Phi) is 45.2. The average Bonchev–Trinajstić information content (AvgIpc) is 3.21. The zero-order chi connectivity index (χ0) is 42.4. The lowest BCUT2D eigenvalue weighted by molar-refractivity contribution is -0.167. The summed E-state index contributed by atoms with van der Waals surface area (Å²) in [6, 6.07) is 0. The molecule has 0 saturated heterocycles. The van der Waals surface area contributed by atoms with E-state index in [2.05, 4.69) is 27.7 Å². The highest BCUT2D eigenvalue weighted by molar-refractivity contribution is 5.71. The molecule has 0 aromatic heterocycles. The normalized spacial score (nSPS) is 11.9. The lowest BCUT2D eigenvalue weighted by Crippen LogP contribution is -2.30. The van der Waals surface area contributed by atoms with Crippen molar-refractivity contribution in [2.24, 2.45) is 5.92 Å². The van der Waals surface area contributed by atoms with Gasteiger partial charge in [-0.1, -0.05) is 252 Å². The molecule has 0 aliphatic heterocycles. The number of rotatable bonds is 47. The summed E-state index contributed by atoms with van der Waals surface area (Å²) >= 11 is 0. The van der Waals surface area contributed by atoms with Crippen LogP contribution < -0.4 is 0 Å². The van der Waals surface area contributed by atoms with Gasteiger partial charge in [0.05, 0.1) is 0 Å². The van der Waals surface area contributed by atoms with Crippen molar-refractivity contribution in [1.29, 1.82) is 0 Å². The average molecular weight is 821 g/mol. The molecule has 0 spiro atoms. The van der Waals surface area contributed by atoms with Gasteiger partial charge in [0.2, 0.25) is 0 Å². The minimum absolute atomic E-state index is 0.0637. The molecule has 1 atom stereocenters. The van der Waals surface area contributed by atoms with Crippen LogP contribution in [-0.4, -0.2) is 37.2 Å². The van der Waals surface area contributed by atoms with Crippen LogP contribution in [0.2, 0.25) is 0 Å². The standard InChI is InChI=1S/C52H100O6/c1-5-7-9-11-13-15-17-19-20-21-22-23-24-25-27-28-30-35-39-43-50(53)56-46-49(47-57-51(54)44-40-36-33-32-34-38-42-48(3)4)58-52(55)45-41-37-31-29-26-18-16-14-12-10-8-6-2/h48-49H,5-47H2,1-4H3/t49-/m0/s1. The molecule has 0 rings (SSSR count). The molecule has 0 aliphatic rings. The summed E-state index contributed by atoms with van der Waals surface area (Å²) in [5.41, 5.74) is 0. The third kappa shape index (κ3) is 45.5. The molecule has 0 saturated carbocycles. The van der Waals surface area contributed by atoms with E-state index in [1.807, 2.05) is 0 Å². The second-order valence-corrected chi connectivity index (χ2v) is 18.3. The van der Waals surface area contributed by atoms with E-state index in [-0.39, 0.29) is 31.1 Å². The summed E-state index contributed by atoms with van der Waals surface area (Å²) in [6.45, 7) is 8.95. The van der Waals surface area contributed by atoms with E-state index < -0.39 is 6.10 Å². The SMILES string of the molecule is CCCCCCCCCCCCCCCCCCCCCC(=O)OC[C@@H](COC(=O)CCCCCCCCC(C)C)OC(=O)CCCCCCCCCCCCCC. The van der Waals surface area contributed by atoms with Crippen LogP contribution in [-0.2, 0) is 28.6 Å². The molecule has 0 aromatic rings. The number of hydrogen-bond donors (Lipinski definition) is 0. The summed E-state index contributed by atoms with van der Waals surface area (Å²) in [5.74, 6) is -0.0875. The molecule has 58 heavy (non-hydrogen) atoms. The first-order chi connectivity index (χ1) is 28.4. The van der Waals surface area contributed by atoms with Gasteiger partial charge in [-0.25, -0.2) is 0 Å². The van der Waals surface area contributed by atoms with Gasteiger partial charge >= 0.3 is 17.9 Å². The molecule has 0 heterocycles. The maximum absolute atomic E-state index is 12.7. The third-order valence-corrected chi connectivity index (χ3v) is 11.8. The van der Waals surface area contributed by atoms with Gasteiger partial charge in [0.1, 0.15) is 13.2 Å². The van der Waals surface area contributed by atoms with E-state index in [1.54, 1.807) is 0 Å². The van der Waals surface area contributed by atoms with Crippen molar-refractivity contribution in [1.82, 2.24) is 0 Å². The van der Waals surface area contributed by atoms with Gasteiger partial charge in [0.25, 0.3) is 0 Å². The Morgan fingerprint density at radius 1 is 0.328 bits per heavy atom. The Balaban J connectivity index is 4.21. The van der Waals surface area contributed by atoms with Crippen LogP contribution in [0.3, 0.4) is 0 Å². The Labute approximate surface area is 361 Å². The Bertz CT molecular complexity index is 872. The highest BCUT2D eigenvalue weighted by Gasteiger charge is 2.19. The van der Waals surface area contributed by atoms with Crippen molar-refractivity contribution >= 4 is 17.9 Å². The first-order valence-corrected chi connectivity index (χ1v) is 25.9. The summed E-state index contributed by atoms with van der Waals surface area (Å²) in [5, 5.41) is 0. The molecule has 0 aromatic carbocycles. The van der Waals surface area contributed by atoms with Crippen LogP contribution in [0.15, 0.2) is 0 Å². The van der Waals surface area contributed by atoms with Crippen molar-refractivity contribution < 1.29 is 28.6 Å². The minimum atomic E-state index is -0.760. The van der Waals surface area contributed by atoms with Gasteiger partial charge in [0, 0.05) is 19.3 Å². The zero-order valence-corrected chi connectivity index (χ0v) is 39.5. The van der Waals surface area contributed by atoms with Crippen LogP contribution in [0.5, 0.6) is 0 Å². The van der Waals surface area contributed by atoms with Crippen molar-refractivity contribution in [3.05, 3.63) is 0 Å². The molecule has 0 unspecified atom stereocenters. The van der Waals surface area contributed by atoms with Crippen LogP contribution in [0, 0.1) is 5.92 Å². The fourth-order valence-corrected chi connectivity index (χ4v) is 7.86. The molecule has 344 valence electrons. The second-order valence-electron chi connectivity index (χ2n) is 18.3. The molecule has 0 bridgehead atoms. The van der Waals surface area contributed by atoms with Crippen LogP contribution in [0.25, 0.3) is 0 Å². The second kappa shape index (κ2) is 46.5. The first kappa shape index (κ1) is 56.4. The van der Waals surface area contributed by atoms with Crippen molar-refractivity contribution in [2.75, 3.05) is 13.2 Å². The molecule has 0 radical (unpaired) electrons. The summed E-state index contributed by atoms with van der Waals surface area (Å²) in [7, 11) is 0. The van der Waals surface area contributed by atoms with E-state index in [1.165, 1.54) is 186 Å². The molecule has 6 heteroatoms. The number of esters is 3. The Morgan fingerprint density at radius 3 is 0.845 bits per heavy atom. The Morgan fingerprint density at radius 2 is 0.569 bits per heavy atom. The van der Waals surface area contributed by atoms with Gasteiger partial charge in [-0.05, 0) is 25.2 Å². The summed E-state index contributed by atoms with van der Waals surface area (Å²) < 4.78 is 16.8. The number of ether oxygens (including phenoxy) is 3. The van der Waals surface area contributed by atoms with Crippen LogP contribution in [0.4, 0.5) is 0 Å². The lowest BCUT2D eigenvalue weighted by Gasteiger charge is -2.18. The molecular weight excluding hydrogens is 721 g/mol. The number of unbranched alkanes of at least 4 members (excludes halogenated alkanes) is 34. The highest BCUT2D eigenvalue weighted by Crippen LogP contribution is 2.17. The number of carbonyl (C=O) groups is 3. The van der Waals surface area contributed by atoms with Crippen LogP contribution in [0.1, 0.15) is 291 Å². The van der Waals surface area contributed by atoms with Gasteiger partial charge in [-0.2, -0.15) is 0 Å². The van der Waals surface area contributed by atoms with Gasteiger partial charge in [0.15, 0.2) is 6.10 Å². The molecular formula is C52H100O6. The Hall–Kier alpha value is -1.59. The van der Waals surface area contributed by atoms with E-state index >= 15 is 0 Å². The maximum Gasteiger partial charge on any atom is 0.306 e. The van der Waals surface area contributed by atoms with Gasteiger partial charge < -0.3 is 14.2 Å². The quantitative estimate of drug-likeness (QED) is 0.0346. The van der Waals surface area contributed by atoms with E-state index in [0.29, 0.717) is 19.3 Å². The molecule has 0 fully saturated rings. The minimum Gasteiger partial charge on any atom is -0.462 e. The molecule has 0 amide bonds. The fraction of sp³-hybridized carbons (Fsp3) is 0.942. The lowest BCUT2D eigenvalue weighted by atomic mass is 10.0. The number of carbonyl (C=O) groups excluding carboxylic acids is 3. The van der Waals surface area contributed by atoms with E-state index in [4.69, 9.17) is 14.2 Å². The monoisotopic (exact) mass is 821 g/mol. The van der Waals surface area contributed by atoms with Crippen molar-refractivity contribution in [3.63, 3.8) is 0 Å². The molecule has 6 nitrogen and oxygen atoms in total. The summed E-state index contributed by atoms with van der Waals surface area (Å²) in [4.78, 5) is 37.8. The summed E-state index contributed by atoms with van der Waals surface area (Å²) in [6.07, 6.45) is 48.2. The predicted molar refractivity (Wildman–Crippen MR) is 247 cm³/mol. The molecule has 0 N–H and O–H groups in total. The van der Waals surface area contributed by atoms with Crippen molar-refractivity contribution in [3.8, 4) is 0 Å². The fourth-order valence-electron chi connectivity index (χ4n) is 7.86. The smallest absolute Gasteiger partial charge is 0.306 e. The van der Waals surface area contributed by atoms with Gasteiger partial charge in [-0.15, -0.1) is 0 Å². The third-order valence-electron chi connectivity index (χ3n) is 11.8. The molecule has 0 aliphatic carbocycles. The highest BCUT2D eigenvalue weighted by atomic mass is 16.6. The maximum atomic E-state index is 12.7. The van der Waals surface area contributed by atoms with E-state index in [0.717, 1.165) is 63.7 Å². The largest absolute Gasteiger partial charge is 0.462 e. The van der Waals surface area contributed by atoms with E-state index in [9.17, 15) is 14.4 Å². The van der Waals surface area contributed by atoms with Crippen molar-refractivity contribution in [2.45, 2.75) is 297 Å². The number of hydrogen-bond acceptors (Lipinski definition) is 6. The zero-order valence-electron chi connectivity index (χ0n) is 39.5. The topological polar surface area (TPSA) is 78.9 Å². The van der Waals surface area contributed by atoms with Gasteiger partial charge in [-0.3, -0.25) is 14.4 Å². The first-order valence-electron chi connectivity index (χ1n) is 25.9. The van der Waals surface area contributed by atoms with Crippen LogP contribution >= 0.6 is 0 Å².